The van der Waals surface area contributed by atoms with Crippen LogP contribution in [0.2, 0.25) is 5.02 Å². The van der Waals surface area contributed by atoms with Crippen molar-refractivity contribution in [3.63, 3.8) is 0 Å². The van der Waals surface area contributed by atoms with E-state index in [1.54, 1.807) is 23.2 Å². The molecule has 1 amide bonds. The van der Waals surface area contributed by atoms with Gasteiger partial charge in [-0.15, -0.1) is 11.3 Å². The van der Waals surface area contributed by atoms with Crippen LogP contribution in [0.25, 0.3) is 32.1 Å². The highest BCUT2D eigenvalue weighted by atomic mass is 35.5. The normalized spacial score (nSPS) is 26.6. The van der Waals surface area contributed by atoms with E-state index >= 15 is 8.78 Å². The maximum Gasteiger partial charge on any atom is 0.329 e. The number of carbonyl (C=O) groups excluding carboxylic acids is 1. The first-order valence-electron chi connectivity index (χ1n) is 20.0. The van der Waals surface area contributed by atoms with E-state index in [1.165, 1.54) is 12.1 Å². The topological polar surface area (TPSA) is 129 Å². The van der Waals surface area contributed by atoms with Gasteiger partial charge in [0.05, 0.1) is 26.5 Å². The van der Waals surface area contributed by atoms with E-state index in [9.17, 15) is 14.4 Å². The van der Waals surface area contributed by atoms with Crippen LogP contribution in [-0.4, -0.2) is 92.4 Å². The summed E-state index contributed by atoms with van der Waals surface area (Å²) in [5, 5.41) is 10.7. The minimum Gasteiger partial charge on any atom is -0.461 e. The van der Waals surface area contributed by atoms with Gasteiger partial charge in [-0.3, -0.25) is 9.47 Å². The van der Waals surface area contributed by atoms with Crippen molar-refractivity contribution in [3.05, 3.63) is 58.6 Å². The maximum absolute atomic E-state index is 17.5. The molecule has 1 saturated carbocycles. The molecular formula is C42H43ClF3N9O2S. The highest BCUT2D eigenvalue weighted by Crippen LogP contribution is 2.62. The minimum absolute atomic E-state index is 0.0247. The van der Waals surface area contributed by atoms with E-state index in [4.69, 9.17) is 32.0 Å². The molecule has 10 rings (SSSR count). The lowest BCUT2D eigenvalue weighted by molar-refractivity contribution is -0.0759. The molecule has 0 bridgehead atoms. The number of imidazole rings is 1. The number of nitrogen functional groups attached to an aromatic ring is 1. The third kappa shape index (κ3) is 5.76. The zero-order chi connectivity index (χ0) is 40.3. The number of fused-ring (bicyclic) bond motifs is 3. The van der Waals surface area contributed by atoms with Crippen LogP contribution in [0.1, 0.15) is 69.5 Å². The third-order valence-corrected chi connectivity index (χ3v) is 15.0. The van der Waals surface area contributed by atoms with Gasteiger partial charge in [0.1, 0.15) is 47.3 Å². The second kappa shape index (κ2) is 13.4. The van der Waals surface area contributed by atoms with Crippen LogP contribution in [-0.2, 0) is 0 Å². The first kappa shape index (κ1) is 37.6. The maximum atomic E-state index is 17.5. The zero-order valence-corrected chi connectivity index (χ0v) is 33.9. The highest BCUT2D eigenvalue weighted by molar-refractivity contribution is 7.23. The highest BCUT2D eigenvalue weighted by Gasteiger charge is 2.65. The molecule has 4 atom stereocenters. The number of aryl methyl sites for hydroxylation is 1. The molecule has 4 aliphatic heterocycles. The average Bonchev–Trinajstić information content (AvgIpc) is 3.40. The van der Waals surface area contributed by atoms with Crippen molar-refractivity contribution in [2.24, 2.45) is 10.8 Å². The van der Waals surface area contributed by atoms with Crippen LogP contribution < -0.4 is 15.4 Å². The van der Waals surface area contributed by atoms with Gasteiger partial charge in [0, 0.05) is 66.6 Å². The van der Waals surface area contributed by atoms with E-state index in [1.807, 2.05) is 11.8 Å². The number of nitrogens with two attached hydrogens (primary N) is 1. The Bertz CT molecular complexity index is 2570. The molecule has 11 nitrogen and oxygen atoms in total. The summed E-state index contributed by atoms with van der Waals surface area (Å²) in [7, 11) is 0. The van der Waals surface area contributed by atoms with Crippen LogP contribution in [0.4, 0.5) is 28.8 Å². The van der Waals surface area contributed by atoms with Crippen LogP contribution in [0, 0.1) is 40.7 Å². The van der Waals surface area contributed by atoms with Crippen molar-refractivity contribution >= 4 is 60.8 Å². The number of nitrogens with zero attached hydrogens (tertiary/aromatic N) is 8. The molecule has 7 heterocycles. The van der Waals surface area contributed by atoms with Crippen LogP contribution >= 0.6 is 22.9 Å². The van der Waals surface area contributed by atoms with Crippen LogP contribution in [0.5, 0.6) is 6.01 Å². The summed E-state index contributed by atoms with van der Waals surface area (Å²) < 4.78 is 55.5. The zero-order valence-electron chi connectivity index (χ0n) is 32.3. The van der Waals surface area contributed by atoms with E-state index in [2.05, 4.69) is 27.8 Å². The summed E-state index contributed by atoms with van der Waals surface area (Å²) in [6.45, 7) is 7.14. The molecular weight excluding hydrogens is 787 g/mol. The fourth-order valence-electron chi connectivity index (χ4n) is 10.9. The number of nitriles is 1. The Hall–Kier alpha value is -4.65. The number of alkyl halides is 1. The number of aromatic nitrogens is 4. The first-order chi connectivity index (χ1) is 27.8. The van der Waals surface area contributed by atoms with Gasteiger partial charge in [0.2, 0.25) is 0 Å². The summed E-state index contributed by atoms with van der Waals surface area (Å²) in [6, 6.07) is 6.18. The second-order valence-electron chi connectivity index (χ2n) is 17.5. The molecule has 1 spiro atoms. The number of rotatable bonds is 6. The van der Waals surface area contributed by atoms with Crippen molar-refractivity contribution in [1.29, 1.82) is 5.26 Å². The Morgan fingerprint density at radius 2 is 1.97 bits per heavy atom. The van der Waals surface area contributed by atoms with E-state index in [0.717, 1.165) is 68.5 Å². The number of hydrogen-bond donors (Lipinski definition) is 1. The van der Waals surface area contributed by atoms with Crippen LogP contribution in [0.15, 0.2) is 30.7 Å². The quantitative estimate of drug-likeness (QED) is 0.179. The number of anilines is 2. The fraction of sp³-hybridized carbons (Fsp3) is 0.500. The fourth-order valence-corrected chi connectivity index (χ4v) is 12.1. The summed E-state index contributed by atoms with van der Waals surface area (Å²) in [5.74, 6) is -0.894. The lowest BCUT2D eigenvalue weighted by atomic mass is 9.63. The number of thiophene rings is 1. The Labute approximate surface area is 342 Å². The molecule has 3 aromatic heterocycles. The Kier molecular flexibility index (Phi) is 8.71. The molecule has 0 unspecified atom stereocenters. The summed E-state index contributed by atoms with van der Waals surface area (Å²) in [4.78, 5) is 34.3. The molecule has 5 fully saturated rings. The molecule has 2 aromatic carbocycles. The van der Waals surface area contributed by atoms with E-state index in [0.29, 0.717) is 43.8 Å². The van der Waals surface area contributed by atoms with Crippen molar-refractivity contribution < 1.29 is 22.7 Å². The predicted molar refractivity (Wildman–Crippen MR) is 217 cm³/mol. The van der Waals surface area contributed by atoms with Gasteiger partial charge >= 0.3 is 12.0 Å². The average molecular weight is 830 g/mol. The first-order valence-corrected chi connectivity index (χ1v) is 21.2. The Morgan fingerprint density at radius 3 is 2.72 bits per heavy atom. The van der Waals surface area contributed by atoms with Crippen molar-refractivity contribution in [2.45, 2.75) is 83.0 Å². The summed E-state index contributed by atoms with van der Waals surface area (Å²) >= 11 is 7.97. The lowest BCUT2D eigenvalue weighted by Gasteiger charge is -2.61. The molecule has 5 aliphatic rings. The number of amides is 1. The Morgan fingerprint density at radius 1 is 1.14 bits per heavy atom. The van der Waals surface area contributed by atoms with Crippen molar-refractivity contribution in [2.75, 3.05) is 50.0 Å². The van der Waals surface area contributed by atoms with Gasteiger partial charge in [-0.25, -0.2) is 22.9 Å². The minimum atomic E-state index is -0.961. The number of halogens is 4. The lowest BCUT2D eigenvalue weighted by Crippen LogP contribution is -2.72. The number of carbonyl (C=O) groups is 1. The smallest absolute Gasteiger partial charge is 0.329 e. The summed E-state index contributed by atoms with van der Waals surface area (Å²) in [6.07, 6.45) is 9.15. The number of ether oxygens (including phenoxy) is 1. The second-order valence-corrected chi connectivity index (χ2v) is 19.0. The molecule has 1 aliphatic carbocycles. The van der Waals surface area contributed by atoms with E-state index in [-0.39, 0.29) is 77.8 Å². The number of benzene rings is 2. The van der Waals surface area contributed by atoms with E-state index < -0.39 is 23.3 Å². The van der Waals surface area contributed by atoms with Gasteiger partial charge < -0.3 is 20.3 Å². The number of hydrogen-bond acceptors (Lipinski definition) is 10. The Balaban J connectivity index is 1.09. The molecule has 4 saturated heterocycles. The largest absolute Gasteiger partial charge is 0.461 e. The van der Waals surface area contributed by atoms with Gasteiger partial charge in [0.25, 0.3) is 0 Å². The molecule has 5 aromatic rings. The summed E-state index contributed by atoms with van der Waals surface area (Å²) in [5.41, 5.74) is 6.30. The van der Waals surface area contributed by atoms with Gasteiger partial charge in [-0.05, 0) is 75.1 Å². The molecule has 302 valence electrons. The van der Waals surface area contributed by atoms with Gasteiger partial charge in [-0.2, -0.15) is 15.2 Å². The third-order valence-electron chi connectivity index (χ3n) is 13.7. The number of likely N-dealkylation sites (tertiary alicyclic amines) is 1. The van der Waals surface area contributed by atoms with Gasteiger partial charge in [0.15, 0.2) is 5.82 Å². The van der Waals surface area contributed by atoms with Gasteiger partial charge in [-0.1, -0.05) is 31.0 Å². The molecule has 2 N–H and O–H groups in total. The van der Waals surface area contributed by atoms with Crippen molar-refractivity contribution in [1.82, 2.24) is 29.3 Å². The van der Waals surface area contributed by atoms with Crippen LogP contribution in [0.3, 0.4) is 0 Å². The molecule has 58 heavy (non-hydrogen) atoms. The molecule has 0 radical (unpaired) electrons. The standard InChI is InChI=1S/C42H43ClF3N9O2S/c1-23-17-53(22-49-23)39(56)55-20-41(37(55)40(2)10-11-40)8-3-4-12-52(19-41)36-26-14-28(43)31(25-6-7-29(45)34-30(25)27(16-47)35(48)58-34)32(46)33(26)50-38(51-36)57-21-42-9-5-13-54(42)18-24(44)15-42/h6-7,14,17,22,24,37H,3-5,8-13,15,18-21,48H2,1-2H3/t24-,37-,41-,42+/m1/s1. The van der Waals surface area contributed by atoms with Crippen molar-refractivity contribution in [3.8, 4) is 23.2 Å². The SMILES string of the molecule is Cc1cn(C(=O)N2C[C@]3(CCCCN(c4nc(OC[C@@]56CCCN5C[C@H](F)C6)nc5c(F)c(-c6ccc(F)c7sc(N)c(C#N)c67)c(Cl)cc45)C3)[C@H]2C2(C)CC2)cn1. The monoisotopic (exact) mass is 829 g/mol. The predicted octanol–water partition coefficient (Wildman–Crippen LogP) is 8.49. The molecule has 16 heteroatoms.